The molecule has 2 N–H and O–H groups in total. The van der Waals surface area contributed by atoms with Gasteiger partial charge >= 0.3 is 5.97 Å². The Bertz CT molecular complexity index is 833. The van der Waals surface area contributed by atoms with Crippen LogP contribution in [0.3, 0.4) is 0 Å². The molecule has 1 aliphatic rings. The summed E-state index contributed by atoms with van der Waals surface area (Å²) in [7, 11) is 0. The summed E-state index contributed by atoms with van der Waals surface area (Å²) >= 11 is 0. The highest BCUT2D eigenvalue weighted by Gasteiger charge is 2.42. The van der Waals surface area contributed by atoms with Gasteiger partial charge in [0.2, 0.25) is 11.5 Å². The molecule has 0 radical (unpaired) electrons. The van der Waals surface area contributed by atoms with Gasteiger partial charge in [-0.05, 0) is 54.8 Å². The third kappa shape index (κ3) is 4.89. The zero-order valence-corrected chi connectivity index (χ0v) is 16.2. The maximum Gasteiger partial charge on any atom is 0.348 e. The van der Waals surface area contributed by atoms with Gasteiger partial charge in [-0.2, -0.15) is 0 Å². The summed E-state index contributed by atoms with van der Waals surface area (Å²) in [6.45, 7) is 4.71. The molecule has 2 aromatic rings. The van der Waals surface area contributed by atoms with Crippen molar-refractivity contribution >= 4 is 17.6 Å². The van der Waals surface area contributed by atoms with E-state index in [0.717, 1.165) is 22.4 Å². The van der Waals surface area contributed by atoms with Crippen molar-refractivity contribution in [1.82, 2.24) is 0 Å². The number of carbonyl (C=O) groups excluding carboxylic acids is 1. The van der Waals surface area contributed by atoms with Crippen LogP contribution in [0.1, 0.15) is 29.5 Å². The summed E-state index contributed by atoms with van der Waals surface area (Å²) in [5.74, 6) is -0.611. The minimum atomic E-state index is -1.25. The molecule has 148 valence electrons. The van der Waals surface area contributed by atoms with Crippen LogP contribution in [0, 0.1) is 13.8 Å². The lowest BCUT2D eigenvalue weighted by Gasteiger charge is -2.33. The number of carboxylic acid groups (broad SMARTS) is 1. The molecule has 0 unspecified atom stereocenters. The number of carbonyl (C=O) groups is 2. The molecule has 1 aliphatic heterocycles. The lowest BCUT2D eigenvalue weighted by molar-refractivity contribution is -0.163. The predicted molar refractivity (Wildman–Crippen MR) is 106 cm³/mol. The average molecular weight is 383 g/mol. The van der Waals surface area contributed by atoms with Gasteiger partial charge in [0, 0.05) is 18.5 Å². The molecule has 1 heterocycles. The van der Waals surface area contributed by atoms with Crippen LogP contribution in [0.5, 0.6) is 5.75 Å². The van der Waals surface area contributed by atoms with Gasteiger partial charge in [0.05, 0.1) is 19.6 Å². The number of ether oxygens (including phenoxy) is 2. The van der Waals surface area contributed by atoms with Crippen molar-refractivity contribution in [3.63, 3.8) is 0 Å². The SMILES string of the molecule is Cc1cc(C)cc(NC(=O)Cc2ccc(OC3(C(=O)O)CCOCC3)cc2)c1. The molecule has 1 saturated heterocycles. The number of anilines is 1. The van der Waals surface area contributed by atoms with Crippen LogP contribution in [0.15, 0.2) is 42.5 Å². The van der Waals surface area contributed by atoms with Crippen molar-refractivity contribution in [2.75, 3.05) is 18.5 Å². The fourth-order valence-corrected chi connectivity index (χ4v) is 3.40. The molecule has 0 spiro atoms. The van der Waals surface area contributed by atoms with Gasteiger partial charge in [-0.3, -0.25) is 4.79 Å². The molecule has 6 heteroatoms. The standard InChI is InChI=1S/C22H25NO5/c1-15-11-16(2)13-18(12-15)23-20(24)14-17-3-5-19(6-4-17)28-22(21(25)26)7-9-27-10-8-22/h3-6,11-13H,7-10,14H2,1-2H3,(H,23,24)(H,25,26). The van der Waals surface area contributed by atoms with Crippen LogP contribution in [0.25, 0.3) is 0 Å². The first-order valence-electron chi connectivity index (χ1n) is 9.34. The van der Waals surface area contributed by atoms with Gasteiger partial charge in [-0.1, -0.05) is 18.2 Å². The normalized spacial score (nSPS) is 15.6. The van der Waals surface area contributed by atoms with Crippen molar-refractivity contribution in [2.45, 2.75) is 38.7 Å². The van der Waals surface area contributed by atoms with E-state index in [4.69, 9.17) is 9.47 Å². The molecule has 1 amide bonds. The molecule has 2 aromatic carbocycles. The molecule has 3 rings (SSSR count). The largest absolute Gasteiger partial charge is 0.478 e. The Balaban J connectivity index is 1.62. The number of amides is 1. The van der Waals surface area contributed by atoms with Crippen molar-refractivity contribution in [3.05, 3.63) is 59.2 Å². The summed E-state index contributed by atoms with van der Waals surface area (Å²) in [6, 6.07) is 12.9. The monoisotopic (exact) mass is 383 g/mol. The number of hydrogen-bond acceptors (Lipinski definition) is 4. The predicted octanol–water partition coefficient (Wildman–Crippen LogP) is 3.50. The number of benzene rings is 2. The number of nitrogens with one attached hydrogen (secondary N) is 1. The van der Waals surface area contributed by atoms with Crippen molar-refractivity contribution in [1.29, 1.82) is 0 Å². The highest BCUT2D eigenvalue weighted by Crippen LogP contribution is 2.28. The maximum atomic E-state index is 12.3. The second-order valence-electron chi connectivity index (χ2n) is 7.26. The van der Waals surface area contributed by atoms with Crippen molar-refractivity contribution in [3.8, 4) is 5.75 Å². The topological polar surface area (TPSA) is 84.9 Å². The molecular formula is C22H25NO5. The molecule has 0 atom stereocenters. The Labute approximate surface area is 164 Å². The van der Waals surface area contributed by atoms with Crippen LogP contribution in [-0.2, 0) is 20.7 Å². The van der Waals surface area contributed by atoms with Gasteiger partial charge in [-0.15, -0.1) is 0 Å². The van der Waals surface area contributed by atoms with Crippen molar-refractivity contribution < 1.29 is 24.2 Å². The smallest absolute Gasteiger partial charge is 0.348 e. The van der Waals surface area contributed by atoms with Crippen LogP contribution in [0.2, 0.25) is 0 Å². The zero-order chi connectivity index (χ0) is 20.1. The Morgan fingerprint density at radius 3 is 2.25 bits per heavy atom. The van der Waals surface area contributed by atoms with Gasteiger partial charge in [0.25, 0.3) is 0 Å². The Hall–Kier alpha value is -2.86. The summed E-state index contributed by atoms with van der Waals surface area (Å²) < 4.78 is 11.1. The van der Waals surface area contributed by atoms with E-state index < -0.39 is 11.6 Å². The minimum absolute atomic E-state index is 0.106. The first kappa shape index (κ1) is 19.9. The summed E-state index contributed by atoms with van der Waals surface area (Å²) in [4.78, 5) is 24.0. The van der Waals surface area contributed by atoms with E-state index >= 15 is 0 Å². The maximum absolute atomic E-state index is 12.3. The van der Waals surface area contributed by atoms with Crippen LogP contribution in [0.4, 0.5) is 5.69 Å². The molecule has 0 saturated carbocycles. The van der Waals surface area contributed by atoms with Gasteiger partial charge in [0.1, 0.15) is 5.75 Å². The molecule has 0 aromatic heterocycles. The molecule has 6 nitrogen and oxygen atoms in total. The fourth-order valence-electron chi connectivity index (χ4n) is 3.40. The number of aryl methyl sites for hydroxylation is 2. The van der Waals surface area contributed by atoms with E-state index in [-0.39, 0.29) is 12.3 Å². The average Bonchev–Trinajstić information content (AvgIpc) is 2.63. The van der Waals surface area contributed by atoms with E-state index in [1.165, 1.54) is 0 Å². The van der Waals surface area contributed by atoms with Gasteiger partial charge in [-0.25, -0.2) is 4.79 Å². The summed E-state index contributed by atoms with van der Waals surface area (Å²) in [5, 5.41) is 12.5. The molecule has 28 heavy (non-hydrogen) atoms. The van der Waals surface area contributed by atoms with E-state index in [1.54, 1.807) is 24.3 Å². The van der Waals surface area contributed by atoms with Gasteiger partial charge in [0.15, 0.2) is 0 Å². The summed E-state index contributed by atoms with van der Waals surface area (Å²) in [5.41, 5.74) is 2.55. The van der Waals surface area contributed by atoms with E-state index in [2.05, 4.69) is 11.4 Å². The summed E-state index contributed by atoms with van der Waals surface area (Å²) in [6.07, 6.45) is 0.843. The molecule has 0 aliphatic carbocycles. The number of aliphatic carboxylic acids is 1. The molecule has 0 bridgehead atoms. The van der Waals surface area contributed by atoms with E-state index in [1.807, 2.05) is 26.0 Å². The Morgan fingerprint density at radius 1 is 1.07 bits per heavy atom. The quantitative estimate of drug-likeness (QED) is 0.798. The number of hydrogen-bond donors (Lipinski definition) is 2. The first-order chi connectivity index (χ1) is 13.4. The number of rotatable bonds is 6. The lowest BCUT2D eigenvalue weighted by Crippen LogP contribution is -2.49. The van der Waals surface area contributed by atoms with Crippen molar-refractivity contribution in [2.24, 2.45) is 0 Å². The highest BCUT2D eigenvalue weighted by atomic mass is 16.5. The van der Waals surface area contributed by atoms with Crippen LogP contribution in [-0.4, -0.2) is 35.8 Å². The Morgan fingerprint density at radius 2 is 1.68 bits per heavy atom. The van der Waals surface area contributed by atoms with Crippen LogP contribution < -0.4 is 10.1 Å². The number of carboxylic acids is 1. The van der Waals surface area contributed by atoms with E-state index in [0.29, 0.717) is 31.8 Å². The lowest BCUT2D eigenvalue weighted by atomic mass is 9.94. The van der Waals surface area contributed by atoms with Crippen LogP contribution >= 0.6 is 0 Å². The zero-order valence-electron chi connectivity index (χ0n) is 16.2. The first-order valence-corrected chi connectivity index (χ1v) is 9.34. The fraction of sp³-hybridized carbons (Fsp3) is 0.364. The third-order valence-electron chi connectivity index (χ3n) is 4.80. The molecular weight excluding hydrogens is 358 g/mol. The van der Waals surface area contributed by atoms with E-state index in [9.17, 15) is 14.7 Å². The second kappa shape index (κ2) is 8.44. The minimum Gasteiger partial charge on any atom is -0.478 e. The van der Waals surface area contributed by atoms with Gasteiger partial charge < -0.3 is 19.9 Å². The second-order valence-corrected chi connectivity index (χ2v) is 7.26. The Kier molecular flexibility index (Phi) is 5.99. The molecule has 1 fully saturated rings. The third-order valence-corrected chi connectivity index (χ3v) is 4.80. The highest BCUT2D eigenvalue weighted by molar-refractivity contribution is 5.92.